The van der Waals surface area contributed by atoms with Crippen LogP contribution in [-0.4, -0.2) is 16.9 Å². The second-order valence-corrected chi connectivity index (χ2v) is 9.02. The molecule has 24 heavy (non-hydrogen) atoms. The number of rotatable bonds is 1. The molecule has 0 heterocycles. The second-order valence-electron chi connectivity index (χ2n) is 9.02. The zero-order valence-electron chi connectivity index (χ0n) is 16.7. The molecule has 0 aromatic carbocycles. The normalized spacial score (nSPS) is 10.5. The van der Waals surface area contributed by atoms with Gasteiger partial charge in [0.1, 0.15) is 5.78 Å². The SMILES string of the molecule is C.C.C=C(C)C(C)(C)C.CC(=O)CC(C)(C)C.CC(C)(C)C(=O)O. The maximum absolute atomic E-state index is 10.5. The second kappa shape index (κ2) is 13.2. The van der Waals surface area contributed by atoms with Gasteiger partial charge in [0, 0.05) is 6.42 Å². The van der Waals surface area contributed by atoms with Gasteiger partial charge < -0.3 is 9.90 Å². The van der Waals surface area contributed by atoms with Gasteiger partial charge in [-0.15, -0.1) is 0 Å². The van der Waals surface area contributed by atoms with Crippen molar-refractivity contribution in [1.82, 2.24) is 0 Å². The third kappa shape index (κ3) is 32.7. The maximum atomic E-state index is 10.5. The van der Waals surface area contributed by atoms with E-state index in [1.165, 1.54) is 5.57 Å². The van der Waals surface area contributed by atoms with E-state index in [0.717, 1.165) is 0 Å². The summed E-state index contributed by atoms with van der Waals surface area (Å²) in [6.07, 6.45) is 0.687. The van der Waals surface area contributed by atoms with Gasteiger partial charge in [-0.2, -0.15) is 0 Å². The number of hydrogen-bond donors (Lipinski definition) is 1. The van der Waals surface area contributed by atoms with Crippen LogP contribution in [0.15, 0.2) is 12.2 Å². The van der Waals surface area contributed by atoms with Crippen LogP contribution in [0.3, 0.4) is 0 Å². The van der Waals surface area contributed by atoms with E-state index in [2.05, 4.69) is 55.0 Å². The molecule has 0 radical (unpaired) electrons. The summed E-state index contributed by atoms with van der Waals surface area (Å²) in [5.74, 6) is -0.481. The smallest absolute Gasteiger partial charge is 0.308 e. The van der Waals surface area contributed by atoms with Crippen LogP contribution in [0.1, 0.15) is 97.4 Å². The van der Waals surface area contributed by atoms with E-state index in [9.17, 15) is 9.59 Å². The predicted molar refractivity (Wildman–Crippen MR) is 110 cm³/mol. The summed E-state index contributed by atoms with van der Waals surface area (Å²) in [5.41, 5.74) is 1.14. The number of carboxylic acids is 1. The molecule has 0 aliphatic heterocycles. The Morgan fingerprint density at radius 3 is 1.00 bits per heavy atom. The summed E-state index contributed by atoms with van der Waals surface area (Å²) in [6.45, 7) is 25.2. The molecule has 3 nitrogen and oxygen atoms in total. The van der Waals surface area contributed by atoms with Crippen LogP contribution in [0.25, 0.3) is 0 Å². The Labute approximate surface area is 152 Å². The summed E-state index contributed by atoms with van der Waals surface area (Å²) >= 11 is 0. The first-order chi connectivity index (χ1) is 9.30. The van der Waals surface area contributed by atoms with Gasteiger partial charge in [0.2, 0.25) is 0 Å². The fourth-order valence-corrected chi connectivity index (χ4v) is 0.747. The Balaban J connectivity index is -0.0000000724. The van der Waals surface area contributed by atoms with Gasteiger partial charge in [0.05, 0.1) is 5.41 Å². The zero-order valence-corrected chi connectivity index (χ0v) is 16.7. The van der Waals surface area contributed by atoms with E-state index < -0.39 is 11.4 Å². The van der Waals surface area contributed by atoms with E-state index in [1.54, 1.807) is 27.7 Å². The minimum absolute atomic E-state index is 0. The molecule has 0 aliphatic carbocycles. The lowest BCUT2D eigenvalue weighted by Crippen LogP contribution is -2.18. The molecule has 0 saturated carbocycles. The van der Waals surface area contributed by atoms with Crippen molar-refractivity contribution in [3.05, 3.63) is 12.2 Å². The first-order valence-corrected chi connectivity index (χ1v) is 7.69. The summed E-state index contributed by atoms with van der Waals surface area (Å²) < 4.78 is 0. The molecule has 0 unspecified atom stereocenters. The van der Waals surface area contributed by atoms with Crippen LogP contribution in [0.2, 0.25) is 0 Å². The van der Waals surface area contributed by atoms with Crippen molar-refractivity contribution in [1.29, 1.82) is 0 Å². The lowest BCUT2D eigenvalue weighted by atomic mass is 9.89. The molecule has 0 aromatic rings. The molecule has 0 saturated heterocycles. The highest BCUT2D eigenvalue weighted by Gasteiger charge is 2.18. The first kappa shape index (κ1) is 34.3. The van der Waals surface area contributed by atoms with Gasteiger partial charge in [-0.1, -0.05) is 68.5 Å². The Bertz CT molecular complexity index is 334. The van der Waals surface area contributed by atoms with E-state index >= 15 is 0 Å². The lowest BCUT2D eigenvalue weighted by Gasteiger charge is -2.16. The molecular weight excluding hydrogens is 300 g/mol. The molecule has 0 atom stereocenters. The standard InChI is InChI=1S/C7H14O.C7H14.C5H10O2.2CH4/c1-6(8)5-7(2,3)4;1-6(2)7(3,4)5;1-5(2,3)4(6)7;;/h5H2,1-4H3;1H2,2-5H3;1-3H3,(H,6,7);2*1H4. The molecule has 0 aliphatic rings. The molecule has 148 valence electrons. The highest BCUT2D eigenvalue weighted by Crippen LogP contribution is 2.21. The summed E-state index contributed by atoms with van der Waals surface area (Å²) in [7, 11) is 0. The molecule has 3 heteroatoms. The van der Waals surface area contributed by atoms with E-state index in [-0.39, 0.29) is 26.1 Å². The van der Waals surface area contributed by atoms with Crippen LogP contribution in [0.5, 0.6) is 0 Å². The number of hydrogen-bond acceptors (Lipinski definition) is 2. The highest BCUT2D eigenvalue weighted by atomic mass is 16.4. The number of carbonyl (C=O) groups is 2. The summed E-state index contributed by atoms with van der Waals surface area (Å²) in [5, 5.41) is 8.25. The quantitative estimate of drug-likeness (QED) is 0.519. The topological polar surface area (TPSA) is 54.4 Å². The highest BCUT2D eigenvalue weighted by molar-refractivity contribution is 5.76. The van der Waals surface area contributed by atoms with Crippen molar-refractivity contribution < 1.29 is 14.7 Å². The number of Topliss-reactive ketones (excluding diaryl/α,β-unsaturated/α-hetero) is 1. The van der Waals surface area contributed by atoms with Gasteiger partial charge in [0.15, 0.2) is 0 Å². The lowest BCUT2D eigenvalue weighted by molar-refractivity contribution is -0.145. The van der Waals surface area contributed by atoms with Crippen LogP contribution in [0.4, 0.5) is 0 Å². The van der Waals surface area contributed by atoms with E-state index in [1.807, 2.05) is 0 Å². The van der Waals surface area contributed by atoms with Crippen LogP contribution < -0.4 is 0 Å². The summed E-state index contributed by atoms with van der Waals surface area (Å²) in [6, 6.07) is 0. The van der Waals surface area contributed by atoms with Crippen molar-refractivity contribution in [3.63, 3.8) is 0 Å². The molecule has 0 bridgehead atoms. The van der Waals surface area contributed by atoms with Crippen molar-refractivity contribution in [3.8, 4) is 0 Å². The summed E-state index contributed by atoms with van der Waals surface area (Å²) in [4.78, 5) is 20.5. The van der Waals surface area contributed by atoms with E-state index in [0.29, 0.717) is 11.8 Å². The van der Waals surface area contributed by atoms with Gasteiger partial charge in [0.25, 0.3) is 0 Å². The average molecular weight is 347 g/mol. The van der Waals surface area contributed by atoms with Crippen LogP contribution in [-0.2, 0) is 9.59 Å². The number of ketones is 1. The third-order valence-corrected chi connectivity index (χ3v) is 2.70. The monoisotopic (exact) mass is 346 g/mol. The van der Waals surface area contributed by atoms with Gasteiger partial charge >= 0.3 is 5.97 Å². The first-order valence-electron chi connectivity index (χ1n) is 7.69. The average Bonchev–Trinajstić information content (AvgIpc) is 2.11. The third-order valence-electron chi connectivity index (χ3n) is 2.70. The Kier molecular flexibility index (Phi) is 18.8. The van der Waals surface area contributed by atoms with Gasteiger partial charge in [-0.05, 0) is 45.4 Å². The predicted octanol–water partition coefficient (Wildman–Crippen LogP) is 7.01. The van der Waals surface area contributed by atoms with Crippen molar-refractivity contribution >= 4 is 11.8 Å². The zero-order chi connectivity index (χ0) is 18.9. The number of aliphatic carboxylic acids is 1. The number of carboxylic acid groups (broad SMARTS) is 1. The molecule has 0 rings (SSSR count). The minimum Gasteiger partial charge on any atom is -0.481 e. The minimum atomic E-state index is -0.757. The fraction of sp³-hybridized carbons (Fsp3) is 0.810. The molecule has 1 N–H and O–H groups in total. The molecule has 0 fully saturated rings. The molecule has 0 spiro atoms. The van der Waals surface area contributed by atoms with Crippen molar-refractivity contribution in [2.24, 2.45) is 16.2 Å². The Hall–Kier alpha value is -1.12. The fourth-order valence-electron chi connectivity index (χ4n) is 0.747. The number of carbonyl (C=O) groups excluding carboxylic acids is 1. The molecule has 0 aromatic heterocycles. The van der Waals surface area contributed by atoms with Crippen LogP contribution in [0, 0.1) is 16.2 Å². The van der Waals surface area contributed by atoms with Crippen molar-refractivity contribution in [2.75, 3.05) is 0 Å². The maximum Gasteiger partial charge on any atom is 0.308 e. The van der Waals surface area contributed by atoms with Gasteiger partial charge in [-0.3, -0.25) is 4.79 Å². The van der Waals surface area contributed by atoms with E-state index in [4.69, 9.17) is 5.11 Å². The number of allylic oxidation sites excluding steroid dienone is 1. The molecular formula is C21H46O3. The Morgan fingerprint density at radius 2 is 1.00 bits per heavy atom. The Morgan fingerprint density at radius 1 is 0.792 bits per heavy atom. The van der Waals surface area contributed by atoms with Gasteiger partial charge in [-0.25, -0.2) is 0 Å². The largest absolute Gasteiger partial charge is 0.481 e. The molecule has 0 amide bonds. The van der Waals surface area contributed by atoms with Crippen LogP contribution >= 0.6 is 0 Å². The van der Waals surface area contributed by atoms with Crippen molar-refractivity contribution in [2.45, 2.75) is 97.4 Å².